The van der Waals surface area contributed by atoms with E-state index in [0.717, 1.165) is 13.1 Å². The first kappa shape index (κ1) is 14.7. The standard InChI is InChI=1S/C13H19ClN4/c1-4-18(9-13(2,3)8-16)12-11(14)10(7-15)5-6-17-12/h5-6H,4,8-9,16H2,1-3H3. The van der Waals surface area contributed by atoms with Crippen LogP contribution in [-0.4, -0.2) is 24.6 Å². The average Bonchev–Trinajstić information content (AvgIpc) is 2.36. The van der Waals surface area contributed by atoms with E-state index in [1.807, 2.05) is 6.92 Å². The normalized spacial score (nSPS) is 11.1. The molecule has 0 aliphatic carbocycles. The van der Waals surface area contributed by atoms with E-state index in [1.165, 1.54) is 0 Å². The van der Waals surface area contributed by atoms with Crippen molar-refractivity contribution in [2.45, 2.75) is 20.8 Å². The summed E-state index contributed by atoms with van der Waals surface area (Å²) in [5.41, 5.74) is 6.17. The zero-order chi connectivity index (χ0) is 13.8. The van der Waals surface area contributed by atoms with Gasteiger partial charge in [0.1, 0.15) is 16.9 Å². The average molecular weight is 267 g/mol. The van der Waals surface area contributed by atoms with Crippen molar-refractivity contribution in [3.8, 4) is 6.07 Å². The van der Waals surface area contributed by atoms with E-state index in [0.29, 0.717) is 22.9 Å². The Balaban J connectivity index is 3.07. The summed E-state index contributed by atoms with van der Waals surface area (Å²) in [5, 5.41) is 9.39. The van der Waals surface area contributed by atoms with Crippen LogP contribution < -0.4 is 10.6 Å². The van der Waals surface area contributed by atoms with Gasteiger partial charge in [-0.05, 0) is 24.9 Å². The van der Waals surface area contributed by atoms with Crippen LogP contribution in [0.5, 0.6) is 0 Å². The Kier molecular flexibility index (Phi) is 4.94. The van der Waals surface area contributed by atoms with Crippen molar-refractivity contribution in [3.05, 3.63) is 22.8 Å². The van der Waals surface area contributed by atoms with Crippen molar-refractivity contribution < 1.29 is 0 Å². The summed E-state index contributed by atoms with van der Waals surface area (Å²) in [6, 6.07) is 3.69. The van der Waals surface area contributed by atoms with Gasteiger partial charge in [0.05, 0.1) is 5.56 Å². The molecule has 1 aromatic heterocycles. The molecule has 2 N–H and O–H groups in total. The topological polar surface area (TPSA) is 65.9 Å². The summed E-state index contributed by atoms with van der Waals surface area (Å²) in [6.07, 6.45) is 1.61. The SMILES string of the molecule is CCN(CC(C)(C)CN)c1nccc(C#N)c1Cl. The molecule has 0 fully saturated rings. The molecule has 0 amide bonds. The highest BCUT2D eigenvalue weighted by Gasteiger charge is 2.22. The molecule has 0 bridgehead atoms. The molecule has 0 aliphatic rings. The van der Waals surface area contributed by atoms with Crippen molar-refractivity contribution in [2.75, 3.05) is 24.5 Å². The zero-order valence-electron chi connectivity index (χ0n) is 11.1. The Morgan fingerprint density at radius 1 is 1.56 bits per heavy atom. The second kappa shape index (κ2) is 6.03. The molecule has 0 radical (unpaired) electrons. The lowest BCUT2D eigenvalue weighted by molar-refractivity contribution is 0.379. The van der Waals surface area contributed by atoms with Crippen LogP contribution in [0.2, 0.25) is 5.02 Å². The number of rotatable bonds is 5. The van der Waals surface area contributed by atoms with Gasteiger partial charge in [-0.3, -0.25) is 0 Å². The van der Waals surface area contributed by atoms with Crippen LogP contribution in [0.4, 0.5) is 5.82 Å². The third kappa shape index (κ3) is 3.34. The number of pyridine rings is 1. The van der Waals surface area contributed by atoms with Gasteiger partial charge in [-0.25, -0.2) is 4.98 Å². The van der Waals surface area contributed by atoms with Crippen molar-refractivity contribution in [1.82, 2.24) is 4.98 Å². The molecule has 1 rings (SSSR count). The lowest BCUT2D eigenvalue weighted by Crippen LogP contribution is -2.39. The minimum atomic E-state index is -0.0241. The summed E-state index contributed by atoms with van der Waals surface area (Å²) in [7, 11) is 0. The first-order valence-electron chi connectivity index (χ1n) is 5.94. The highest BCUT2D eigenvalue weighted by Crippen LogP contribution is 2.28. The van der Waals surface area contributed by atoms with Gasteiger partial charge in [-0.15, -0.1) is 0 Å². The molecule has 5 heteroatoms. The Hall–Kier alpha value is -1.31. The Labute approximate surface area is 113 Å². The summed E-state index contributed by atoms with van der Waals surface area (Å²) in [5.74, 6) is 0.653. The lowest BCUT2D eigenvalue weighted by atomic mass is 9.93. The molecule has 1 heterocycles. The Bertz CT molecular complexity index is 451. The molecule has 0 atom stereocenters. The van der Waals surface area contributed by atoms with Gasteiger partial charge >= 0.3 is 0 Å². The highest BCUT2D eigenvalue weighted by molar-refractivity contribution is 6.34. The van der Waals surface area contributed by atoms with Gasteiger partial charge in [0.15, 0.2) is 0 Å². The molecular formula is C13H19ClN4. The van der Waals surface area contributed by atoms with E-state index in [9.17, 15) is 0 Å². The predicted molar refractivity (Wildman–Crippen MR) is 74.7 cm³/mol. The summed E-state index contributed by atoms with van der Waals surface area (Å²) in [4.78, 5) is 6.33. The second-order valence-electron chi connectivity index (χ2n) is 4.99. The maximum Gasteiger partial charge on any atom is 0.148 e. The third-order valence-electron chi connectivity index (χ3n) is 2.84. The molecule has 0 unspecified atom stereocenters. The fourth-order valence-corrected chi connectivity index (χ4v) is 1.93. The highest BCUT2D eigenvalue weighted by atomic mass is 35.5. The smallest absolute Gasteiger partial charge is 0.148 e. The van der Waals surface area contributed by atoms with Crippen LogP contribution in [0.1, 0.15) is 26.3 Å². The minimum absolute atomic E-state index is 0.0241. The van der Waals surface area contributed by atoms with E-state index in [4.69, 9.17) is 22.6 Å². The van der Waals surface area contributed by atoms with Gasteiger partial charge in [-0.1, -0.05) is 25.4 Å². The first-order valence-corrected chi connectivity index (χ1v) is 6.32. The van der Waals surface area contributed by atoms with Crippen LogP contribution in [-0.2, 0) is 0 Å². The van der Waals surface area contributed by atoms with E-state index in [-0.39, 0.29) is 5.41 Å². The minimum Gasteiger partial charge on any atom is -0.355 e. The number of nitriles is 1. The van der Waals surface area contributed by atoms with Crippen molar-refractivity contribution in [1.29, 1.82) is 5.26 Å². The van der Waals surface area contributed by atoms with E-state index >= 15 is 0 Å². The van der Waals surface area contributed by atoms with Gasteiger partial charge < -0.3 is 10.6 Å². The molecule has 0 saturated heterocycles. The number of halogens is 1. The van der Waals surface area contributed by atoms with Crippen LogP contribution in [0.25, 0.3) is 0 Å². The van der Waals surface area contributed by atoms with Crippen molar-refractivity contribution >= 4 is 17.4 Å². The molecule has 0 aromatic carbocycles. The fraction of sp³-hybridized carbons (Fsp3) is 0.538. The molecule has 0 saturated carbocycles. The summed E-state index contributed by atoms with van der Waals surface area (Å²) < 4.78 is 0. The predicted octanol–water partition coefficient (Wildman–Crippen LogP) is 2.42. The molecule has 1 aromatic rings. The lowest BCUT2D eigenvalue weighted by Gasteiger charge is -2.32. The van der Waals surface area contributed by atoms with Crippen LogP contribution >= 0.6 is 11.6 Å². The fourth-order valence-electron chi connectivity index (χ4n) is 1.66. The van der Waals surface area contributed by atoms with E-state index in [1.54, 1.807) is 12.3 Å². The van der Waals surface area contributed by atoms with E-state index < -0.39 is 0 Å². The Morgan fingerprint density at radius 2 is 2.22 bits per heavy atom. The summed E-state index contributed by atoms with van der Waals surface area (Å²) in [6.45, 7) is 8.32. The quantitative estimate of drug-likeness (QED) is 0.889. The molecule has 98 valence electrons. The maximum absolute atomic E-state index is 8.98. The van der Waals surface area contributed by atoms with Crippen LogP contribution in [0, 0.1) is 16.7 Å². The number of anilines is 1. The van der Waals surface area contributed by atoms with Crippen molar-refractivity contribution in [3.63, 3.8) is 0 Å². The number of nitrogens with zero attached hydrogens (tertiary/aromatic N) is 3. The molecule has 0 aliphatic heterocycles. The maximum atomic E-state index is 8.98. The largest absolute Gasteiger partial charge is 0.355 e. The monoisotopic (exact) mass is 266 g/mol. The van der Waals surface area contributed by atoms with Gasteiger partial charge in [0, 0.05) is 19.3 Å². The van der Waals surface area contributed by atoms with Crippen molar-refractivity contribution in [2.24, 2.45) is 11.1 Å². The summed E-state index contributed by atoms with van der Waals surface area (Å²) >= 11 is 6.20. The number of nitrogens with two attached hydrogens (primary N) is 1. The third-order valence-corrected chi connectivity index (χ3v) is 3.22. The number of hydrogen-bond acceptors (Lipinski definition) is 4. The second-order valence-corrected chi connectivity index (χ2v) is 5.37. The molecular weight excluding hydrogens is 248 g/mol. The molecule has 18 heavy (non-hydrogen) atoms. The van der Waals surface area contributed by atoms with Gasteiger partial charge in [0.2, 0.25) is 0 Å². The Morgan fingerprint density at radius 3 is 2.72 bits per heavy atom. The van der Waals surface area contributed by atoms with Gasteiger partial charge in [0.25, 0.3) is 0 Å². The first-order chi connectivity index (χ1) is 8.45. The van der Waals surface area contributed by atoms with Gasteiger partial charge in [-0.2, -0.15) is 5.26 Å². The molecule has 4 nitrogen and oxygen atoms in total. The van der Waals surface area contributed by atoms with Crippen LogP contribution in [0.3, 0.4) is 0 Å². The number of hydrogen-bond donors (Lipinski definition) is 1. The van der Waals surface area contributed by atoms with Crippen LogP contribution in [0.15, 0.2) is 12.3 Å². The number of aromatic nitrogens is 1. The zero-order valence-corrected chi connectivity index (χ0v) is 11.8. The molecule has 0 spiro atoms. The van der Waals surface area contributed by atoms with E-state index in [2.05, 4.69) is 29.8 Å².